The summed E-state index contributed by atoms with van der Waals surface area (Å²) in [6, 6.07) is 9.41. The number of benzene rings is 1. The standard InChI is InChI=1S/C16H16F2N6O/c1-23-10-13(14(22-23)15(17)18)16(25)19-8-7-11-9-20-24(21-11)12-5-3-2-4-6-12/h2-6,9-10,15H,7-8H2,1H3,(H,19,25). The number of halogens is 2. The number of nitrogens with zero attached hydrogens (tertiary/aromatic N) is 5. The van der Waals surface area contributed by atoms with E-state index in [1.807, 2.05) is 30.3 Å². The van der Waals surface area contributed by atoms with E-state index in [4.69, 9.17) is 0 Å². The molecule has 0 saturated heterocycles. The van der Waals surface area contributed by atoms with E-state index in [9.17, 15) is 13.6 Å². The molecule has 2 heterocycles. The zero-order valence-corrected chi connectivity index (χ0v) is 13.4. The minimum Gasteiger partial charge on any atom is -0.352 e. The van der Waals surface area contributed by atoms with E-state index < -0.39 is 18.0 Å². The van der Waals surface area contributed by atoms with Crippen molar-refractivity contribution in [1.29, 1.82) is 0 Å². The van der Waals surface area contributed by atoms with Crippen LogP contribution >= 0.6 is 0 Å². The van der Waals surface area contributed by atoms with Crippen molar-refractivity contribution >= 4 is 5.91 Å². The summed E-state index contributed by atoms with van der Waals surface area (Å²) in [6.07, 6.45) is 0.520. The van der Waals surface area contributed by atoms with Crippen molar-refractivity contribution in [1.82, 2.24) is 30.1 Å². The fraction of sp³-hybridized carbons (Fsp3) is 0.250. The second-order valence-corrected chi connectivity index (χ2v) is 5.37. The van der Waals surface area contributed by atoms with Crippen LogP contribution in [0, 0.1) is 0 Å². The van der Waals surface area contributed by atoms with Gasteiger partial charge in [0.05, 0.1) is 23.1 Å². The Bertz CT molecular complexity index is 859. The Balaban J connectivity index is 1.58. The molecule has 1 aromatic carbocycles. The van der Waals surface area contributed by atoms with Gasteiger partial charge in [-0.05, 0) is 12.1 Å². The second-order valence-electron chi connectivity index (χ2n) is 5.37. The van der Waals surface area contributed by atoms with Crippen molar-refractivity contribution < 1.29 is 13.6 Å². The molecular formula is C16H16F2N6O. The molecule has 0 spiro atoms. The predicted molar refractivity (Wildman–Crippen MR) is 85.6 cm³/mol. The van der Waals surface area contributed by atoms with E-state index in [0.717, 1.165) is 5.69 Å². The molecule has 0 aliphatic carbocycles. The van der Waals surface area contributed by atoms with E-state index in [0.29, 0.717) is 12.1 Å². The van der Waals surface area contributed by atoms with Crippen molar-refractivity contribution in [2.75, 3.05) is 6.54 Å². The third-order valence-corrected chi connectivity index (χ3v) is 3.50. The van der Waals surface area contributed by atoms with Gasteiger partial charge in [0.15, 0.2) is 0 Å². The molecule has 0 unspecified atom stereocenters. The van der Waals surface area contributed by atoms with E-state index in [1.165, 1.54) is 22.7 Å². The van der Waals surface area contributed by atoms with Gasteiger partial charge in [0, 0.05) is 26.2 Å². The summed E-state index contributed by atoms with van der Waals surface area (Å²) in [4.78, 5) is 13.6. The molecule has 0 fully saturated rings. The molecule has 9 heteroatoms. The maximum Gasteiger partial charge on any atom is 0.282 e. The first kappa shape index (κ1) is 16.7. The smallest absolute Gasteiger partial charge is 0.282 e. The van der Waals surface area contributed by atoms with Crippen molar-refractivity contribution in [2.24, 2.45) is 7.05 Å². The molecule has 0 aliphatic heterocycles. The lowest BCUT2D eigenvalue weighted by molar-refractivity contribution is 0.0939. The summed E-state index contributed by atoms with van der Waals surface area (Å²) in [5.74, 6) is -0.584. The largest absolute Gasteiger partial charge is 0.352 e. The maximum absolute atomic E-state index is 12.9. The zero-order valence-electron chi connectivity index (χ0n) is 13.4. The number of aryl methyl sites for hydroxylation is 1. The number of para-hydroxylation sites is 1. The lowest BCUT2D eigenvalue weighted by Crippen LogP contribution is -2.26. The third-order valence-electron chi connectivity index (χ3n) is 3.50. The molecule has 1 amide bonds. The molecule has 25 heavy (non-hydrogen) atoms. The van der Waals surface area contributed by atoms with Gasteiger partial charge in [-0.3, -0.25) is 9.48 Å². The number of aromatic nitrogens is 5. The number of carbonyl (C=O) groups is 1. The Morgan fingerprint density at radius 3 is 2.72 bits per heavy atom. The lowest BCUT2D eigenvalue weighted by Gasteiger charge is -2.03. The molecule has 0 aliphatic rings. The first-order valence-corrected chi connectivity index (χ1v) is 7.61. The number of carbonyl (C=O) groups excluding carboxylic acids is 1. The van der Waals surface area contributed by atoms with Crippen LogP contribution in [0.5, 0.6) is 0 Å². The highest BCUT2D eigenvalue weighted by Gasteiger charge is 2.22. The van der Waals surface area contributed by atoms with E-state index in [1.54, 1.807) is 6.20 Å². The molecule has 0 atom stereocenters. The maximum atomic E-state index is 12.9. The normalized spacial score (nSPS) is 11.0. The quantitative estimate of drug-likeness (QED) is 0.740. The molecule has 0 saturated carbocycles. The van der Waals surface area contributed by atoms with Crippen molar-refractivity contribution in [2.45, 2.75) is 12.8 Å². The van der Waals surface area contributed by atoms with Gasteiger partial charge in [0.1, 0.15) is 5.69 Å². The molecule has 3 aromatic rings. The van der Waals surface area contributed by atoms with Crippen molar-refractivity contribution in [3.05, 3.63) is 59.7 Å². The average Bonchev–Trinajstić information content (AvgIpc) is 3.22. The van der Waals surface area contributed by atoms with Crippen LogP contribution in [0.4, 0.5) is 8.78 Å². The third kappa shape index (κ3) is 3.87. The first-order valence-electron chi connectivity index (χ1n) is 7.61. The van der Waals surface area contributed by atoms with Crippen molar-refractivity contribution in [3.8, 4) is 5.69 Å². The Morgan fingerprint density at radius 1 is 1.24 bits per heavy atom. The SMILES string of the molecule is Cn1cc(C(=O)NCCc2cnn(-c3ccccc3)n2)c(C(F)F)n1. The number of alkyl halides is 2. The summed E-state index contributed by atoms with van der Waals surface area (Å²) in [5.41, 5.74) is 0.875. The molecule has 7 nitrogen and oxygen atoms in total. The van der Waals surface area contributed by atoms with Gasteiger partial charge in [0.2, 0.25) is 0 Å². The Kier molecular flexibility index (Phi) is 4.82. The van der Waals surface area contributed by atoms with Crippen LogP contribution in [-0.4, -0.2) is 37.2 Å². The van der Waals surface area contributed by atoms with E-state index >= 15 is 0 Å². The average molecular weight is 346 g/mol. The van der Waals surface area contributed by atoms with Crippen LogP contribution in [0.3, 0.4) is 0 Å². The van der Waals surface area contributed by atoms with Gasteiger partial charge < -0.3 is 5.32 Å². The molecule has 0 bridgehead atoms. The second kappa shape index (κ2) is 7.20. The van der Waals surface area contributed by atoms with Gasteiger partial charge in [-0.1, -0.05) is 18.2 Å². The summed E-state index contributed by atoms with van der Waals surface area (Å²) in [6.45, 7) is 0.254. The van der Waals surface area contributed by atoms with Crippen LogP contribution in [0.15, 0.2) is 42.7 Å². The molecule has 3 rings (SSSR count). The summed E-state index contributed by atoms with van der Waals surface area (Å²) in [7, 11) is 1.49. The van der Waals surface area contributed by atoms with E-state index in [2.05, 4.69) is 20.6 Å². The highest BCUT2D eigenvalue weighted by atomic mass is 19.3. The Labute approximate surface area is 142 Å². The Hall–Kier alpha value is -3.10. The topological polar surface area (TPSA) is 77.6 Å². The van der Waals surface area contributed by atoms with Crippen LogP contribution in [0.2, 0.25) is 0 Å². The van der Waals surface area contributed by atoms with Crippen molar-refractivity contribution in [3.63, 3.8) is 0 Å². The molecular weight excluding hydrogens is 330 g/mol. The minimum atomic E-state index is -2.80. The molecule has 130 valence electrons. The van der Waals surface area contributed by atoms with Gasteiger partial charge in [-0.15, -0.1) is 0 Å². The molecule has 0 radical (unpaired) electrons. The van der Waals surface area contributed by atoms with Gasteiger partial charge in [0.25, 0.3) is 12.3 Å². The van der Waals surface area contributed by atoms with Crippen LogP contribution in [-0.2, 0) is 13.5 Å². The molecule has 2 aromatic heterocycles. The fourth-order valence-corrected chi connectivity index (χ4v) is 2.34. The first-order chi connectivity index (χ1) is 12.0. The number of hydrogen-bond acceptors (Lipinski definition) is 4. The van der Waals surface area contributed by atoms with Crippen LogP contribution < -0.4 is 5.32 Å². The van der Waals surface area contributed by atoms with E-state index in [-0.39, 0.29) is 12.1 Å². The van der Waals surface area contributed by atoms with Gasteiger partial charge >= 0.3 is 0 Å². The Morgan fingerprint density at radius 2 is 2.00 bits per heavy atom. The summed E-state index contributed by atoms with van der Waals surface area (Å²) < 4.78 is 26.9. The number of rotatable bonds is 6. The van der Waals surface area contributed by atoms with Gasteiger partial charge in [-0.25, -0.2) is 8.78 Å². The van der Waals surface area contributed by atoms with Crippen LogP contribution in [0.1, 0.15) is 28.2 Å². The minimum absolute atomic E-state index is 0.120. The fourth-order valence-electron chi connectivity index (χ4n) is 2.34. The lowest BCUT2D eigenvalue weighted by atomic mass is 10.2. The number of hydrogen-bond donors (Lipinski definition) is 1. The summed E-state index contributed by atoms with van der Waals surface area (Å²) in [5, 5.41) is 14.7. The number of nitrogens with one attached hydrogen (secondary N) is 1. The van der Waals surface area contributed by atoms with Crippen LogP contribution in [0.25, 0.3) is 5.69 Å². The summed E-state index contributed by atoms with van der Waals surface area (Å²) >= 11 is 0. The number of amides is 1. The monoisotopic (exact) mass is 346 g/mol. The predicted octanol–water partition coefficient (Wildman–Crippen LogP) is 1.91. The highest BCUT2D eigenvalue weighted by Crippen LogP contribution is 2.20. The highest BCUT2D eigenvalue weighted by molar-refractivity contribution is 5.95. The molecule has 1 N–H and O–H groups in total. The van der Waals surface area contributed by atoms with Gasteiger partial charge in [-0.2, -0.15) is 20.1 Å². The zero-order chi connectivity index (χ0) is 17.8.